The topological polar surface area (TPSA) is 46.0 Å². The van der Waals surface area contributed by atoms with Crippen molar-refractivity contribution in [3.63, 3.8) is 0 Å². The maximum atomic E-state index is 13.6. The van der Waals surface area contributed by atoms with Crippen LogP contribution in [0, 0.1) is 23.2 Å². The molecule has 1 saturated heterocycles. The van der Waals surface area contributed by atoms with Crippen LogP contribution in [0.5, 0.6) is 0 Å². The van der Waals surface area contributed by atoms with Crippen LogP contribution < -0.4 is 5.32 Å². The highest BCUT2D eigenvalue weighted by molar-refractivity contribution is 5.30. The number of hydrogen-bond acceptors (Lipinski definition) is 4. The number of hydrogen-bond donors (Lipinski definition) is 1. The number of alkyl halides is 2. The Balaban J connectivity index is 1.26. The Morgan fingerprint density at radius 3 is 2.93 bits per heavy atom. The Bertz CT molecular complexity index is 758. The molecule has 0 aromatic carbocycles. The minimum absolute atomic E-state index is 0.0448. The summed E-state index contributed by atoms with van der Waals surface area (Å²) < 4.78 is 28.5. The summed E-state index contributed by atoms with van der Waals surface area (Å²) in [6.07, 6.45) is 6.68. The van der Waals surface area contributed by atoms with Crippen molar-refractivity contribution in [2.75, 3.05) is 25.0 Å². The number of halogens is 2. The number of allylic oxidation sites excluding steroid dienone is 1. The quantitative estimate of drug-likeness (QED) is 0.789. The van der Waals surface area contributed by atoms with E-state index in [0.29, 0.717) is 23.7 Å². The second kappa shape index (κ2) is 6.78. The van der Waals surface area contributed by atoms with E-state index in [-0.39, 0.29) is 6.04 Å². The third kappa shape index (κ3) is 2.97. The van der Waals surface area contributed by atoms with Crippen LogP contribution in [0.15, 0.2) is 18.0 Å². The lowest BCUT2D eigenvalue weighted by atomic mass is 9.49. The third-order valence-corrected chi connectivity index (χ3v) is 8.09. The molecule has 6 rings (SSSR count). The number of piperidine rings is 1. The van der Waals surface area contributed by atoms with Gasteiger partial charge in [-0.25, -0.2) is 13.5 Å². The normalized spacial score (nSPS) is 37.0. The van der Waals surface area contributed by atoms with E-state index in [2.05, 4.69) is 40.2 Å². The van der Waals surface area contributed by atoms with Crippen molar-refractivity contribution in [2.24, 2.45) is 23.2 Å². The second-order valence-corrected chi connectivity index (χ2v) is 9.88. The minimum Gasteiger partial charge on any atom is -0.351 e. The number of likely N-dealkylation sites (tertiary alicyclic amines) is 1. The summed E-state index contributed by atoms with van der Waals surface area (Å²) in [4.78, 5) is 6.73. The lowest BCUT2D eigenvalue weighted by Gasteiger charge is -2.57. The highest BCUT2D eigenvalue weighted by atomic mass is 19.3. The van der Waals surface area contributed by atoms with Gasteiger partial charge in [0.05, 0.1) is 0 Å². The van der Waals surface area contributed by atoms with Gasteiger partial charge in [0.2, 0.25) is 5.95 Å². The van der Waals surface area contributed by atoms with Crippen LogP contribution in [-0.2, 0) is 0 Å². The molecule has 2 aliphatic heterocycles. The molecule has 0 radical (unpaired) electrons. The zero-order valence-electron chi connectivity index (χ0n) is 16.8. The molecule has 0 spiro atoms. The molecule has 3 heterocycles. The molecular formula is C21H31F2N5. The SMILES string of the molecule is CC1(C)C2CC=C(CN3CCCC([C@@H]4C[C@H](C(F)F)n5ncnc5N4)C3)C1C2. The van der Waals surface area contributed by atoms with Crippen molar-refractivity contribution < 1.29 is 8.78 Å². The highest BCUT2D eigenvalue weighted by Crippen LogP contribution is 2.59. The van der Waals surface area contributed by atoms with E-state index in [0.717, 1.165) is 44.3 Å². The Kier molecular flexibility index (Phi) is 4.49. The molecule has 1 N–H and O–H groups in total. The second-order valence-electron chi connectivity index (χ2n) is 9.88. The monoisotopic (exact) mass is 391 g/mol. The van der Waals surface area contributed by atoms with Gasteiger partial charge in [0.1, 0.15) is 12.4 Å². The zero-order chi connectivity index (χ0) is 19.5. The van der Waals surface area contributed by atoms with Crippen molar-refractivity contribution in [3.8, 4) is 0 Å². The van der Waals surface area contributed by atoms with Gasteiger partial charge in [-0.1, -0.05) is 25.5 Å². The molecule has 2 bridgehead atoms. The first-order valence-electron chi connectivity index (χ1n) is 10.8. The maximum absolute atomic E-state index is 13.6. The molecule has 154 valence electrons. The molecule has 5 aliphatic rings. The van der Waals surface area contributed by atoms with Crippen molar-refractivity contribution in [2.45, 2.75) is 64.5 Å². The predicted octanol–water partition coefficient (Wildman–Crippen LogP) is 3.97. The minimum atomic E-state index is -2.41. The van der Waals surface area contributed by atoms with Crippen LogP contribution in [-0.4, -0.2) is 51.8 Å². The molecular weight excluding hydrogens is 360 g/mol. The fourth-order valence-corrected chi connectivity index (χ4v) is 6.18. The van der Waals surface area contributed by atoms with E-state index in [9.17, 15) is 8.78 Å². The summed E-state index contributed by atoms with van der Waals surface area (Å²) >= 11 is 0. The predicted molar refractivity (Wildman–Crippen MR) is 104 cm³/mol. The van der Waals surface area contributed by atoms with Gasteiger partial charge < -0.3 is 5.32 Å². The fraction of sp³-hybridized carbons (Fsp3) is 0.810. The van der Waals surface area contributed by atoms with Crippen LogP contribution in [0.1, 0.15) is 52.0 Å². The van der Waals surface area contributed by atoms with E-state index in [1.54, 1.807) is 5.57 Å². The molecule has 5 atom stereocenters. The van der Waals surface area contributed by atoms with Gasteiger partial charge in [0, 0.05) is 19.1 Å². The van der Waals surface area contributed by atoms with Gasteiger partial charge in [-0.05, 0) is 61.8 Å². The van der Waals surface area contributed by atoms with Crippen molar-refractivity contribution in [3.05, 3.63) is 18.0 Å². The van der Waals surface area contributed by atoms with Gasteiger partial charge in [-0.3, -0.25) is 4.90 Å². The summed E-state index contributed by atoms with van der Waals surface area (Å²) in [7, 11) is 0. The molecule has 1 saturated carbocycles. The van der Waals surface area contributed by atoms with E-state index in [1.165, 1.54) is 23.9 Å². The molecule has 28 heavy (non-hydrogen) atoms. The van der Waals surface area contributed by atoms with Crippen LogP contribution >= 0.6 is 0 Å². The molecule has 3 aliphatic carbocycles. The number of nitrogens with zero attached hydrogens (tertiary/aromatic N) is 4. The van der Waals surface area contributed by atoms with E-state index < -0.39 is 12.5 Å². The highest BCUT2D eigenvalue weighted by Gasteiger charge is 2.51. The van der Waals surface area contributed by atoms with Crippen LogP contribution in [0.3, 0.4) is 0 Å². The smallest absolute Gasteiger partial charge is 0.260 e. The standard InChI is InChI=1S/C21H31F2N5/c1-21(2)15-6-5-13(16(21)8-15)10-27-7-3-4-14(11-27)17-9-18(19(22)23)28-20(26-17)24-12-25-28/h5,12,14-19H,3-4,6-11H2,1-2H3,(H,24,25,26)/t14?,15?,16?,17-,18+/m0/s1. The van der Waals surface area contributed by atoms with Crippen molar-refractivity contribution in [1.82, 2.24) is 19.7 Å². The van der Waals surface area contributed by atoms with Gasteiger partial charge in [0.15, 0.2) is 0 Å². The molecule has 1 aromatic heterocycles. The lowest BCUT2D eigenvalue weighted by molar-refractivity contribution is -0.0121. The summed E-state index contributed by atoms with van der Waals surface area (Å²) in [6, 6.07) is -0.823. The number of anilines is 1. The van der Waals surface area contributed by atoms with Crippen LogP contribution in [0.4, 0.5) is 14.7 Å². The Labute approximate surface area is 165 Å². The first kappa shape index (κ1) is 18.5. The number of rotatable bonds is 4. The average molecular weight is 392 g/mol. The number of aromatic nitrogens is 3. The summed E-state index contributed by atoms with van der Waals surface area (Å²) in [5.74, 6) is 2.48. The van der Waals surface area contributed by atoms with E-state index in [1.807, 2.05) is 0 Å². The Hall–Kier alpha value is -1.50. The molecule has 7 heteroatoms. The summed E-state index contributed by atoms with van der Waals surface area (Å²) in [5.41, 5.74) is 2.08. The van der Waals surface area contributed by atoms with Crippen molar-refractivity contribution >= 4 is 5.95 Å². The van der Waals surface area contributed by atoms with Gasteiger partial charge in [-0.15, -0.1) is 0 Å². The number of fused-ring (bicyclic) bond motifs is 2. The first-order valence-corrected chi connectivity index (χ1v) is 10.8. The molecule has 3 unspecified atom stereocenters. The molecule has 0 amide bonds. The largest absolute Gasteiger partial charge is 0.351 e. The molecule has 5 nitrogen and oxygen atoms in total. The van der Waals surface area contributed by atoms with Gasteiger partial charge >= 0.3 is 0 Å². The molecule has 2 fully saturated rings. The van der Waals surface area contributed by atoms with E-state index >= 15 is 0 Å². The van der Waals surface area contributed by atoms with Gasteiger partial charge in [-0.2, -0.15) is 10.1 Å². The van der Waals surface area contributed by atoms with Crippen LogP contribution in [0.2, 0.25) is 0 Å². The summed E-state index contributed by atoms with van der Waals surface area (Å²) in [6.45, 7) is 7.99. The number of nitrogens with one attached hydrogen (secondary N) is 1. The lowest BCUT2D eigenvalue weighted by Crippen LogP contribution is -2.51. The Morgan fingerprint density at radius 2 is 2.18 bits per heavy atom. The Morgan fingerprint density at radius 1 is 1.32 bits per heavy atom. The van der Waals surface area contributed by atoms with Crippen LogP contribution in [0.25, 0.3) is 0 Å². The first-order chi connectivity index (χ1) is 13.4. The van der Waals surface area contributed by atoms with E-state index in [4.69, 9.17) is 0 Å². The molecule has 1 aromatic rings. The van der Waals surface area contributed by atoms with Gasteiger partial charge in [0.25, 0.3) is 6.43 Å². The maximum Gasteiger partial charge on any atom is 0.260 e. The summed E-state index contributed by atoms with van der Waals surface area (Å²) in [5, 5.41) is 7.40. The van der Waals surface area contributed by atoms with Crippen molar-refractivity contribution in [1.29, 1.82) is 0 Å². The average Bonchev–Trinajstić information content (AvgIpc) is 3.16. The third-order valence-electron chi connectivity index (χ3n) is 8.09. The zero-order valence-corrected chi connectivity index (χ0v) is 16.8. The fourth-order valence-electron chi connectivity index (χ4n) is 6.18.